The number of benzene rings is 1. The van der Waals surface area contributed by atoms with Crippen LogP contribution in [-0.4, -0.2) is 24.5 Å². The Morgan fingerprint density at radius 1 is 1.13 bits per heavy atom. The molecule has 1 aromatic carbocycles. The Bertz CT molecular complexity index is 507. The largest absolute Gasteiger partial charge is 0.348 e. The van der Waals surface area contributed by atoms with Crippen molar-refractivity contribution in [1.82, 2.24) is 10.6 Å². The molecular weight excluding hydrogens is 291 g/mol. The molecule has 2 N–H and O–H groups in total. The SMILES string of the molecule is CC(C)(C)CCN[C@H]1CCCC[C@H]1NC(=O)c1ccc(F)cc1. The van der Waals surface area contributed by atoms with Crippen LogP contribution in [-0.2, 0) is 0 Å². The van der Waals surface area contributed by atoms with E-state index in [2.05, 4.69) is 31.4 Å². The van der Waals surface area contributed by atoms with Crippen LogP contribution in [0.3, 0.4) is 0 Å². The molecule has 2 rings (SSSR count). The Kier molecular flexibility index (Phi) is 6.17. The molecule has 1 amide bonds. The highest BCUT2D eigenvalue weighted by molar-refractivity contribution is 5.94. The molecular formula is C19H29FN2O. The highest BCUT2D eigenvalue weighted by Gasteiger charge is 2.26. The van der Waals surface area contributed by atoms with Crippen molar-refractivity contribution in [3.8, 4) is 0 Å². The standard InChI is InChI=1S/C19H29FN2O/c1-19(2,3)12-13-21-16-6-4-5-7-17(16)22-18(23)14-8-10-15(20)11-9-14/h8-11,16-17,21H,4-7,12-13H2,1-3H3,(H,22,23)/t16-,17+/m0/s1. The average Bonchev–Trinajstić information content (AvgIpc) is 2.48. The molecule has 0 aliphatic heterocycles. The van der Waals surface area contributed by atoms with Crippen LogP contribution in [0.15, 0.2) is 24.3 Å². The maximum atomic E-state index is 13.0. The normalized spacial score (nSPS) is 21.9. The van der Waals surface area contributed by atoms with Crippen molar-refractivity contribution in [2.75, 3.05) is 6.54 Å². The van der Waals surface area contributed by atoms with Gasteiger partial charge < -0.3 is 10.6 Å². The highest BCUT2D eigenvalue weighted by Crippen LogP contribution is 2.21. The fraction of sp³-hybridized carbons (Fsp3) is 0.632. The molecule has 1 saturated carbocycles. The minimum Gasteiger partial charge on any atom is -0.348 e. The van der Waals surface area contributed by atoms with Crippen LogP contribution < -0.4 is 10.6 Å². The average molecular weight is 320 g/mol. The molecule has 0 aromatic heterocycles. The van der Waals surface area contributed by atoms with Gasteiger partial charge in [0.2, 0.25) is 0 Å². The molecule has 128 valence electrons. The van der Waals surface area contributed by atoms with Gasteiger partial charge >= 0.3 is 0 Å². The number of nitrogens with one attached hydrogen (secondary N) is 2. The Balaban J connectivity index is 1.90. The van der Waals surface area contributed by atoms with Gasteiger partial charge in [-0.2, -0.15) is 0 Å². The van der Waals surface area contributed by atoms with Gasteiger partial charge in [-0.3, -0.25) is 4.79 Å². The Morgan fingerprint density at radius 3 is 2.35 bits per heavy atom. The van der Waals surface area contributed by atoms with E-state index in [-0.39, 0.29) is 17.8 Å². The molecule has 0 unspecified atom stereocenters. The van der Waals surface area contributed by atoms with E-state index < -0.39 is 0 Å². The molecule has 2 atom stereocenters. The fourth-order valence-electron chi connectivity index (χ4n) is 3.03. The van der Waals surface area contributed by atoms with Crippen molar-refractivity contribution in [3.63, 3.8) is 0 Å². The second-order valence-corrected chi connectivity index (χ2v) is 7.74. The maximum Gasteiger partial charge on any atom is 0.251 e. The van der Waals surface area contributed by atoms with E-state index >= 15 is 0 Å². The molecule has 0 radical (unpaired) electrons. The van der Waals surface area contributed by atoms with Crippen LogP contribution in [0.25, 0.3) is 0 Å². The fourth-order valence-corrected chi connectivity index (χ4v) is 3.03. The highest BCUT2D eigenvalue weighted by atomic mass is 19.1. The van der Waals surface area contributed by atoms with Crippen LogP contribution in [0.2, 0.25) is 0 Å². The van der Waals surface area contributed by atoms with Gasteiger partial charge in [-0.25, -0.2) is 4.39 Å². The number of hydrogen-bond donors (Lipinski definition) is 2. The lowest BCUT2D eigenvalue weighted by Gasteiger charge is -2.33. The van der Waals surface area contributed by atoms with E-state index in [1.807, 2.05) is 0 Å². The summed E-state index contributed by atoms with van der Waals surface area (Å²) in [5, 5.41) is 6.75. The minimum absolute atomic E-state index is 0.112. The molecule has 0 heterocycles. The monoisotopic (exact) mass is 320 g/mol. The summed E-state index contributed by atoms with van der Waals surface area (Å²) >= 11 is 0. The van der Waals surface area contributed by atoms with Crippen molar-refractivity contribution in [1.29, 1.82) is 0 Å². The van der Waals surface area contributed by atoms with Crippen LogP contribution in [0.4, 0.5) is 4.39 Å². The third-order valence-corrected chi connectivity index (χ3v) is 4.47. The molecule has 1 aliphatic carbocycles. The first-order chi connectivity index (χ1) is 10.8. The third kappa shape index (κ3) is 5.94. The Labute approximate surface area is 139 Å². The van der Waals surface area contributed by atoms with E-state index in [0.29, 0.717) is 17.0 Å². The van der Waals surface area contributed by atoms with Gasteiger partial charge in [0, 0.05) is 17.6 Å². The summed E-state index contributed by atoms with van der Waals surface area (Å²) in [5.41, 5.74) is 0.833. The van der Waals surface area contributed by atoms with Crippen LogP contribution in [0.1, 0.15) is 63.2 Å². The van der Waals surface area contributed by atoms with Crippen molar-refractivity contribution in [2.24, 2.45) is 5.41 Å². The zero-order valence-electron chi connectivity index (χ0n) is 14.5. The zero-order valence-corrected chi connectivity index (χ0v) is 14.5. The van der Waals surface area contributed by atoms with E-state index in [0.717, 1.165) is 32.2 Å². The van der Waals surface area contributed by atoms with E-state index in [1.54, 1.807) is 0 Å². The summed E-state index contributed by atoms with van der Waals surface area (Å²) in [4.78, 5) is 12.3. The van der Waals surface area contributed by atoms with E-state index in [9.17, 15) is 9.18 Å². The summed E-state index contributed by atoms with van der Waals surface area (Å²) in [7, 11) is 0. The molecule has 3 nitrogen and oxygen atoms in total. The number of hydrogen-bond acceptors (Lipinski definition) is 2. The van der Waals surface area contributed by atoms with Crippen molar-refractivity contribution in [2.45, 2.75) is 65.0 Å². The summed E-state index contributed by atoms with van der Waals surface area (Å²) in [6.07, 6.45) is 5.56. The van der Waals surface area contributed by atoms with Crippen LogP contribution in [0.5, 0.6) is 0 Å². The molecule has 1 aliphatic rings. The predicted octanol–water partition coefficient (Wildman–Crippen LogP) is 3.89. The first-order valence-electron chi connectivity index (χ1n) is 8.65. The topological polar surface area (TPSA) is 41.1 Å². The van der Waals surface area contributed by atoms with Gasteiger partial charge in [0.25, 0.3) is 5.91 Å². The van der Waals surface area contributed by atoms with Gasteiger partial charge in [0.15, 0.2) is 0 Å². The van der Waals surface area contributed by atoms with Gasteiger partial charge in [0.1, 0.15) is 5.82 Å². The lowest BCUT2D eigenvalue weighted by molar-refractivity contribution is 0.0914. The minimum atomic E-state index is -0.319. The first-order valence-corrected chi connectivity index (χ1v) is 8.65. The molecule has 4 heteroatoms. The lowest BCUT2D eigenvalue weighted by atomic mass is 9.88. The smallest absolute Gasteiger partial charge is 0.251 e. The quantitative estimate of drug-likeness (QED) is 0.864. The molecule has 0 spiro atoms. The Hall–Kier alpha value is -1.42. The molecule has 1 fully saturated rings. The third-order valence-electron chi connectivity index (χ3n) is 4.47. The zero-order chi connectivity index (χ0) is 16.9. The number of carbonyl (C=O) groups is 1. The van der Waals surface area contributed by atoms with Gasteiger partial charge in [-0.05, 0) is 55.5 Å². The van der Waals surface area contributed by atoms with Gasteiger partial charge in [-0.15, -0.1) is 0 Å². The first kappa shape index (κ1) is 17.9. The second kappa shape index (κ2) is 7.91. The molecule has 1 aromatic rings. The van der Waals surface area contributed by atoms with E-state index in [4.69, 9.17) is 0 Å². The predicted molar refractivity (Wildman–Crippen MR) is 92.0 cm³/mol. The number of rotatable bonds is 5. The van der Waals surface area contributed by atoms with Gasteiger partial charge in [0.05, 0.1) is 0 Å². The van der Waals surface area contributed by atoms with E-state index in [1.165, 1.54) is 30.7 Å². The second-order valence-electron chi connectivity index (χ2n) is 7.74. The molecule has 23 heavy (non-hydrogen) atoms. The van der Waals surface area contributed by atoms with Crippen molar-refractivity contribution in [3.05, 3.63) is 35.6 Å². The summed E-state index contributed by atoms with van der Waals surface area (Å²) in [6.45, 7) is 7.69. The summed E-state index contributed by atoms with van der Waals surface area (Å²) in [6, 6.07) is 6.21. The Morgan fingerprint density at radius 2 is 1.74 bits per heavy atom. The number of halogens is 1. The number of amides is 1. The maximum absolute atomic E-state index is 13.0. The number of carbonyl (C=O) groups excluding carboxylic acids is 1. The molecule has 0 saturated heterocycles. The van der Waals surface area contributed by atoms with Crippen molar-refractivity contribution < 1.29 is 9.18 Å². The van der Waals surface area contributed by atoms with Crippen LogP contribution in [0, 0.1) is 11.2 Å². The summed E-state index contributed by atoms with van der Waals surface area (Å²) < 4.78 is 13.0. The lowest BCUT2D eigenvalue weighted by Crippen LogP contribution is -2.52. The van der Waals surface area contributed by atoms with Crippen LogP contribution >= 0.6 is 0 Å². The van der Waals surface area contributed by atoms with Crippen molar-refractivity contribution >= 4 is 5.91 Å². The van der Waals surface area contributed by atoms with Gasteiger partial charge in [-0.1, -0.05) is 33.6 Å². The molecule has 0 bridgehead atoms. The summed E-state index contributed by atoms with van der Waals surface area (Å²) in [5.74, 6) is -0.430.